The highest BCUT2D eigenvalue weighted by molar-refractivity contribution is 6.32. The van der Waals surface area contributed by atoms with Crippen molar-refractivity contribution in [1.82, 2.24) is 0 Å². The minimum Gasteiger partial charge on any atom is -0.495 e. The van der Waals surface area contributed by atoms with Crippen LogP contribution in [0.3, 0.4) is 0 Å². The summed E-state index contributed by atoms with van der Waals surface area (Å²) < 4.78 is 10.0. The summed E-state index contributed by atoms with van der Waals surface area (Å²) >= 11 is 6.01. The molecular formula is C14H19ClO4. The molecule has 5 heteroatoms. The molecule has 0 bridgehead atoms. The van der Waals surface area contributed by atoms with Gasteiger partial charge in [0.15, 0.2) is 0 Å². The fourth-order valence-electron chi connectivity index (χ4n) is 1.87. The second kappa shape index (κ2) is 7.36. The smallest absolute Gasteiger partial charge is 0.311 e. The third-order valence-corrected chi connectivity index (χ3v) is 3.22. The number of halogens is 1. The zero-order valence-corrected chi connectivity index (χ0v) is 12.1. The third-order valence-electron chi connectivity index (χ3n) is 2.93. The topological polar surface area (TPSA) is 55.8 Å². The summed E-state index contributed by atoms with van der Waals surface area (Å²) in [5, 5.41) is 10.7. The van der Waals surface area contributed by atoms with E-state index in [1.165, 1.54) is 7.11 Å². The fourth-order valence-corrected chi connectivity index (χ4v) is 2.13. The lowest BCUT2D eigenvalue weighted by atomic mass is 9.93. The number of benzene rings is 1. The van der Waals surface area contributed by atoms with Crippen LogP contribution < -0.4 is 4.74 Å². The number of hydrogen-bond acceptors (Lipinski definition) is 4. The molecule has 0 aliphatic carbocycles. The Morgan fingerprint density at radius 1 is 1.42 bits per heavy atom. The first-order chi connectivity index (χ1) is 9.04. The van der Waals surface area contributed by atoms with Gasteiger partial charge in [-0.05, 0) is 31.0 Å². The Bertz CT molecular complexity index is 433. The average molecular weight is 287 g/mol. The third kappa shape index (κ3) is 3.85. The molecule has 1 N–H and O–H groups in total. The molecule has 0 aromatic heterocycles. The second-order valence-corrected chi connectivity index (χ2v) is 4.51. The van der Waals surface area contributed by atoms with Crippen molar-refractivity contribution >= 4 is 17.6 Å². The summed E-state index contributed by atoms with van der Waals surface area (Å²) in [6.45, 7) is 3.86. The summed E-state index contributed by atoms with van der Waals surface area (Å²) in [5.41, 5.74) is 0.575. The summed E-state index contributed by atoms with van der Waals surface area (Å²) in [6, 6.07) is 4.96. The van der Waals surface area contributed by atoms with Crippen LogP contribution in [0.2, 0.25) is 5.02 Å². The van der Waals surface area contributed by atoms with Crippen molar-refractivity contribution < 1.29 is 19.4 Å². The Labute approximate surface area is 118 Å². The van der Waals surface area contributed by atoms with Crippen LogP contribution in [0.25, 0.3) is 0 Å². The summed E-state index contributed by atoms with van der Waals surface area (Å²) in [7, 11) is 1.52. The van der Waals surface area contributed by atoms with Gasteiger partial charge in [0, 0.05) is 0 Å². The molecule has 0 saturated carbocycles. The molecular weight excluding hydrogens is 268 g/mol. The van der Waals surface area contributed by atoms with Gasteiger partial charge in [-0.3, -0.25) is 4.79 Å². The maximum atomic E-state index is 11.8. The van der Waals surface area contributed by atoms with E-state index < -0.39 is 18.0 Å². The van der Waals surface area contributed by atoms with Crippen LogP contribution in [0, 0.1) is 5.92 Å². The van der Waals surface area contributed by atoms with E-state index in [0.29, 0.717) is 29.4 Å². The van der Waals surface area contributed by atoms with E-state index in [1.807, 2.05) is 6.92 Å². The highest BCUT2D eigenvalue weighted by atomic mass is 35.5. The molecule has 0 amide bonds. The average Bonchev–Trinajstić information content (AvgIpc) is 2.39. The first-order valence-electron chi connectivity index (χ1n) is 6.23. The monoisotopic (exact) mass is 286 g/mol. The van der Waals surface area contributed by atoms with Crippen LogP contribution in [0.5, 0.6) is 5.75 Å². The van der Waals surface area contributed by atoms with Crippen LogP contribution in [0.15, 0.2) is 18.2 Å². The SMILES string of the molecule is CCOC(=O)C(CC)C(O)c1ccc(OC)c(Cl)c1. The largest absolute Gasteiger partial charge is 0.495 e. The van der Waals surface area contributed by atoms with Crippen LogP contribution in [-0.4, -0.2) is 24.8 Å². The molecule has 0 saturated heterocycles. The molecule has 0 aliphatic rings. The van der Waals surface area contributed by atoms with E-state index in [2.05, 4.69) is 0 Å². The van der Waals surface area contributed by atoms with Crippen molar-refractivity contribution in [2.45, 2.75) is 26.4 Å². The van der Waals surface area contributed by atoms with Gasteiger partial charge >= 0.3 is 5.97 Å². The molecule has 4 nitrogen and oxygen atoms in total. The number of aliphatic hydroxyl groups excluding tert-OH is 1. The van der Waals surface area contributed by atoms with Gasteiger partial charge < -0.3 is 14.6 Å². The fraction of sp³-hybridized carbons (Fsp3) is 0.500. The van der Waals surface area contributed by atoms with Crippen molar-refractivity contribution in [2.24, 2.45) is 5.92 Å². The molecule has 2 atom stereocenters. The predicted octanol–water partition coefficient (Wildman–Crippen LogP) is 2.97. The van der Waals surface area contributed by atoms with Gasteiger partial charge in [0.25, 0.3) is 0 Å². The van der Waals surface area contributed by atoms with E-state index in [9.17, 15) is 9.90 Å². The molecule has 0 fully saturated rings. The Morgan fingerprint density at radius 2 is 2.11 bits per heavy atom. The Balaban J connectivity index is 2.94. The van der Waals surface area contributed by atoms with Gasteiger partial charge in [-0.1, -0.05) is 24.6 Å². The molecule has 106 valence electrons. The summed E-state index contributed by atoms with van der Waals surface area (Å²) in [4.78, 5) is 11.8. The van der Waals surface area contributed by atoms with Crippen LogP contribution in [0.1, 0.15) is 31.9 Å². The lowest BCUT2D eigenvalue weighted by Crippen LogP contribution is -2.24. The zero-order valence-electron chi connectivity index (χ0n) is 11.4. The molecule has 0 radical (unpaired) electrons. The van der Waals surface area contributed by atoms with Crippen molar-refractivity contribution in [3.05, 3.63) is 28.8 Å². The Hall–Kier alpha value is -1.26. The van der Waals surface area contributed by atoms with E-state index >= 15 is 0 Å². The summed E-state index contributed by atoms with van der Waals surface area (Å²) in [6.07, 6.45) is -0.448. The number of hydrogen-bond donors (Lipinski definition) is 1. The Morgan fingerprint density at radius 3 is 2.58 bits per heavy atom. The highest BCUT2D eigenvalue weighted by Gasteiger charge is 2.28. The van der Waals surface area contributed by atoms with Gasteiger partial charge in [-0.2, -0.15) is 0 Å². The number of esters is 1. The normalized spacial score (nSPS) is 13.7. The second-order valence-electron chi connectivity index (χ2n) is 4.11. The maximum Gasteiger partial charge on any atom is 0.311 e. The Kier molecular flexibility index (Phi) is 6.12. The molecule has 1 rings (SSSR count). The number of carbonyl (C=O) groups is 1. The summed E-state index contributed by atoms with van der Waals surface area (Å²) in [5.74, 6) is -0.462. The number of carbonyl (C=O) groups excluding carboxylic acids is 1. The number of rotatable bonds is 6. The van der Waals surface area contributed by atoms with Gasteiger partial charge in [0.2, 0.25) is 0 Å². The first-order valence-corrected chi connectivity index (χ1v) is 6.61. The van der Waals surface area contributed by atoms with Crippen LogP contribution >= 0.6 is 11.6 Å². The van der Waals surface area contributed by atoms with E-state index in [4.69, 9.17) is 21.1 Å². The minimum atomic E-state index is -0.938. The molecule has 0 spiro atoms. The molecule has 0 heterocycles. The molecule has 1 aromatic carbocycles. The predicted molar refractivity (Wildman–Crippen MR) is 73.4 cm³/mol. The van der Waals surface area contributed by atoms with Crippen molar-refractivity contribution in [3.8, 4) is 5.75 Å². The van der Waals surface area contributed by atoms with Gasteiger partial charge in [-0.25, -0.2) is 0 Å². The molecule has 1 aromatic rings. The lowest BCUT2D eigenvalue weighted by Gasteiger charge is -2.20. The number of ether oxygens (including phenoxy) is 2. The lowest BCUT2D eigenvalue weighted by molar-refractivity contribution is -0.152. The van der Waals surface area contributed by atoms with Gasteiger partial charge in [0.05, 0.1) is 30.8 Å². The van der Waals surface area contributed by atoms with Crippen molar-refractivity contribution in [2.75, 3.05) is 13.7 Å². The van der Waals surface area contributed by atoms with Crippen LogP contribution in [0.4, 0.5) is 0 Å². The van der Waals surface area contributed by atoms with Crippen molar-refractivity contribution in [3.63, 3.8) is 0 Å². The zero-order chi connectivity index (χ0) is 14.4. The molecule has 0 aliphatic heterocycles. The maximum absolute atomic E-state index is 11.8. The van der Waals surface area contributed by atoms with Gasteiger partial charge in [0.1, 0.15) is 5.75 Å². The van der Waals surface area contributed by atoms with E-state index in [1.54, 1.807) is 25.1 Å². The van der Waals surface area contributed by atoms with Gasteiger partial charge in [-0.15, -0.1) is 0 Å². The minimum absolute atomic E-state index is 0.297. The quantitative estimate of drug-likeness (QED) is 0.817. The highest BCUT2D eigenvalue weighted by Crippen LogP contribution is 2.31. The van der Waals surface area contributed by atoms with Crippen LogP contribution in [-0.2, 0) is 9.53 Å². The van der Waals surface area contributed by atoms with Crippen molar-refractivity contribution in [1.29, 1.82) is 0 Å². The standard InChI is InChI=1S/C14H19ClO4/c1-4-10(14(17)19-5-2)13(16)9-6-7-12(18-3)11(15)8-9/h6-8,10,13,16H,4-5H2,1-3H3. The number of methoxy groups -OCH3 is 1. The molecule has 19 heavy (non-hydrogen) atoms. The number of aliphatic hydroxyl groups is 1. The van der Waals surface area contributed by atoms with E-state index in [-0.39, 0.29) is 0 Å². The first kappa shape index (κ1) is 15.8. The molecule has 2 unspecified atom stereocenters. The van der Waals surface area contributed by atoms with E-state index in [0.717, 1.165) is 0 Å².